The molecule has 0 unspecified atom stereocenters. The average molecular weight is 233 g/mol. The van der Waals surface area contributed by atoms with Gasteiger partial charge in [0.25, 0.3) is 0 Å². The van der Waals surface area contributed by atoms with Gasteiger partial charge in [-0.25, -0.2) is 0 Å². The van der Waals surface area contributed by atoms with Gasteiger partial charge < -0.3 is 5.32 Å². The number of hydrogen-bond donors (Lipinski definition) is 1. The number of rotatable bonds is 8. The fourth-order valence-corrected chi connectivity index (χ4v) is 2.06. The zero-order valence-corrected chi connectivity index (χ0v) is 10.9. The third-order valence-electron chi connectivity index (χ3n) is 3.04. The van der Waals surface area contributed by atoms with Crippen LogP contribution in [-0.2, 0) is 17.6 Å². The van der Waals surface area contributed by atoms with Crippen molar-refractivity contribution in [1.82, 2.24) is 5.32 Å². The maximum absolute atomic E-state index is 10.3. The molecule has 0 aliphatic heterocycles. The van der Waals surface area contributed by atoms with Gasteiger partial charge in [-0.1, -0.05) is 44.5 Å². The maximum Gasteiger partial charge on any atom is 0.207 e. The van der Waals surface area contributed by atoms with Crippen LogP contribution in [0.25, 0.3) is 0 Å². The van der Waals surface area contributed by atoms with E-state index < -0.39 is 0 Å². The van der Waals surface area contributed by atoms with E-state index in [1.807, 2.05) is 0 Å². The first-order chi connectivity index (χ1) is 8.27. The van der Waals surface area contributed by atoms with Crippen LogP contribution < -0.4 is 5.32 Å². The van der Waals surface area contributed by atoms with Gasteiger partial charge in [0.05, 0.1) is 0 Å². The monoisotopic (exact) mass is 233 g/mol. The minimum atomic E-state index is 0.489. The van der Waals surface area contributed by atoms with E-state index in [-0.39, 0.29) is 0 Å². The summed E-state index contributed by atoms with van der Waals surface area (Å²) < 4.78 is 0. The highest BCUT2D eigenvalue weighted by atomic mass is 16.1. The molecular weight excluding hydrogens is 210 g/mol. The standard InChI is InChI=1S/C15H23NO/c1-3-4-7-14-8-5-6-9-15(14)10-13(2)11-16-12-17/h5-6,8-9,12-13H,3-4,7,10-11H2,1-2H3,(H,16,17)/t13-/m1/s1. The molecule has 1 aromatic carbocycles. The molecule has 0 radical (unpaired) electrons. The van der Waals surface area contributed by atoms with Crippen LogP contribution in [0.2, 0.25) is 0 Å². The number of nitrogens with one attached hydrogen (secondary N) is 1. The summed E-state index contributed by atoms with van der Waals surface area (Å²) in [5.74, 6) is 0.489. The zero-order chi connectivity index (χ0) is 12.5. The Morgan fingerprint density at radius 3 is 2.65 bits per heavy atom. The van der Waals surface area contributed by atoms with Crippen LogP contribution in [0, 0.1) is 5.92 Å². The molecule has 2 nitrogen and oxygen atoms in total. The Morgan fingerprint density at radius 1 is 1.29 bits per heavy atom. The molecular formula is C15H23NO. The van der Waals surface area contributed by atoms with Gasteiger partial charge in [-0.3, -0.25) is 4.79 Å². The number of hydrogen-bond acceptors (Lipinski definition) is 1. The zero-order valence-electron chi connectivity index (χ0n) is 10.9. The second-order valence-corrected chi connectivity index (χ2v) is 4.71. The van der Waals surface area contributed by atoms with E-state index >= 15 is 0 Å². The predicted molar refractivity (Wildman–Crippen MR) is 72.0 cm³/mol. The van der Waals surface area contributed by atoms with Crippen LogP contribution in [0.15, 0.2) is 24.3 Å². The van der Waals surface area contributed by atoms with E-state index in [0.29, 0.717) is 5.92 Å². The SMILES string of the molecule is CCCCc1ccccc1C[C@@H](C)CNC=O. The molecule has 0 aromatic heterocycles. The first-order valence-corrected chi connectivity index (χ1v) is 6.51. The van der Waals surface area contributed by atoms with Gasteiger partial charge >= 0.3 is 0 Å². The molecule has 1 amide bonds. The molecule has 0 saturated heterocycles. The predicted octanol–water partition coefficient (Wildman–Crippen LogP) is 2.95. The molecule has 0 heterocycles. The summed E-state index contributed by atoms with van der Waals surface area (Å²) in [5, 5.41) is 2.75. The number of carbonyl (C=O) groups excluding carboxylic acids is 1. The van der Waals surface area contributed by atoms with E-state index in [9.17, 15) is 4.79 Å². The van der Waals surface area contributed by atoms with Gasteiger partial charge in [-0.05, 0) is 36.3 Å². The molecule has 2 heteroatoms. The van der Waals surface area contributed by atoms with Crippen molar-refractivity contribution in [3.8, 4) is 0 Å². The van der Waals surface area contributed by atoms with Gasteiger partial charge in [-0.15, -0.1) is 0 Å². The smallest absolute Gasteiger partial charge is 0.207 e. The molecule has 17 heavy (non-hydrogen) atoms. The van der Waals surface area contributed by atoms with E-state index in [2.05, 4.69) is 43.4 Å². The minimum Gasteiger partial charge on any atom is -0.358 e. The van der Waals surface area contributed by atoms with E-state index in [1.165, 1.54) is 30.4 Å². The van der Waals surface area contributed by atoms with E-state index in [1.54, 1.807) is 0 Å². The molecule has 0 spiro atoms. The summed E-state index contributed by atoms with van der Waals surface area (Å²) in [6.45, 7) is 5.15. The summed E-state index contributed by atoms with van der Waals surface area (Å²) in [6, 6.07) is 8.65. The number of carbonyl (C=O) groups is 1. The van der Waals surface area contributed by atoms with Gasteiger partial charge in [-0.2, -0.15) is 0 Å². The van der Waals surface area contributed by atoms with Gasteiger partial charge in [0, 0.05) is 6.54 Å². The van der Waals surface area contributed by atoms with Crippen molar-refractivity contribution in [1.29, 1.82) is 0 Å². The van der Waals surface area contributed by atoms with Crippen molar-refractivity contribution in [2.45, 2.75) is 39.5 Å². The summed E-state index contributed by atoms with van der Waals surface area (Å²) in [4.78, 5) is 10.3. The van der Waals surface area contributed by atoms with Gasteiger partial charge in [0.15, 0.2) is 0 Å². The highest BCUT2D eigenvalue weighted by molar-refractivity contribution is 5.45. The van der Waals surface area contributed by atoms with E-state index in [4.69, 9.17) is 0 Å². The van der Waals surface area contributed by atoms with Crippen molar-refractivity contribution in [2.75, 3.05) is 6.54 Å². The maximum atomic E-state index is 10.3. The Morgan fingerprint density at radius 2 is 2.00 bits per heavy atom. The number of amides is 1. The summed E-state index contributed by atoms with van der Waals surface area (Å²) >= 11 is 0. The Balaban J connectivity index is 2.58. The quantitative estimate of drug-likeness (QED) is 0.687. The normalized spacial score (nSPS) is 12.1. The van der Waals surface area contributed by atoms with Crippen molar-refractivity contribution in [3.05, 3.63) is 35.4 Å². The third-order valence-corrected chi connectivity index (χ3v) is 3.04. The average Bonchev–Trinajstić information content (AvgIpc) is 2.35. The molecule has 0 aliphatic rings. The van der Waals surface area contributed by atoms with Crippen LogP contribution in [0.3, 0.4) is 0 Å². The molecule has 0 bridgehead atoms. The lowest BCUT2D eigenvalue weighted by Gasteiger charge is -2.14. The van der Waals surface area contributed by atoms with Gasteiger partial charge in [0.2, 0.25) is 6.41 Å². The third kappa shape index (κ3) is 5.03. The summed E-state index contributed by atoms with van der Waals surface area (Å²) in [5.41, 5.74) is 2.90. The minimum absolute atomic E-state index is 0.489. The Kier molecular flexibility index (Phi) is 6.38. The lowest BCUT2D eigenvalue weighted by Crippen LogP contribution is -2.21. The molecule has 1 rings (SSSR count). The Bertz CT molecular complexity index is 335. The molecule has 0 saturated carbocycles. The Hall–Kier alpha value is -1.31. The van der Waals surface area contributed by atoms with Crippen molar-refractivity contribution < 1.29 is 4.79 Å². The van der Waals surface area contributed by atoms with Crippen LogP contribution in [0.1, 0.15) is 37.8 Å². The lowest BCUT2D eigenvalue weighted by atomic mass is 9.94. The molecule has 0 fully saturated rings. The molecule has 94 valence electrons. The van der Waals surface area contributed by atoms with Crippen LogP contribution in [0.5, 0.6) is 0 Å². The fourth-order valence-electron chi connectivity index (χ4n) is 2.06. The van der Waals surface area contributed by atoms with Crippen LogP contribution in [-0.4, -0.2) is 13.0 Å². The topological polar surface area (TPSA) is 29.1 Å². The lowest BCUT2D eigenvalue weighted by molar-refractivity contribution is -0.109. The largest absolute Gasteiger partial charge is 0.358 e. The van der Waals surface area contributed by atoms with Crippen molar-refractivity contribution in [3.63, 3.8) is 0 Å². The van der Waals surface area contributed by atoms with Crippen LogP contribution in [0.4, 0.5) is 0 Å². The van der Waals surface area contributed by atoms with Gasteiger partial charge in [0.1, 0.15) is 0 Å². The first-order valence-electron chi connectivity index (χ1n) is 6.51. The number of aryl methyl sites for hydroxylation is 1. The first kappa shape index (κ1) is 13.8. The summed E-state index contributed by atoms with van der Waals surface area (Å²) in [6.07, 6.45) is 5.47. The van der Waals surface area contributed by atoms with Crippen LogP contribution >= 0.6 is 0 Å². The molecule has 1 atom stereocenters. The molecule has 1 N–H and O–H groups in total. The highest BCUT2D eigenvalue weighted by Crippen LogP contribution is 2.16. The Labute approximate surface area is 104 Å². The summed E-state index contributed by atoms with van der Waals surface area (Å²) in [7, 11) is 0. The second kappa shape index (κ2) is 7.88. The fraction of sp³-hybridized carbons (Fsp3) is 0.533. The second-order valence-electron chi connectivity index (χ2n) is 4.71. The molecule has 0 aliphatic carbocycles. The van der Waals surface area contributed by atoms with E-state index in [0.717, 1.165) is 19.4 Å². The molecule has 1 aromatic rings. The number of benzene rings is 1. The number of unbranched alkanes of at least 4 members (excludes halogenated alkanes) is 1. The van der Waals surface area contributed by atoms with Crippen molar-refractivity contribution >= 4 is 6.41 Å². The van der Waals surface area contributed by atoms with Crippen molar-refractivity contribution in [2.24, 2.45) is 5.92 Å². The highest BCUT2D eigenvalue weighted by Gasteiger charge is 2.06.